The summed E-state index contributed by atoms with van der Waals surface area (Å²) < 4.78 is 15.7. The molecule has 0 heterocycles. The number of methoxy groups -OCH3 is 1. The molecule has 0 bridgehead atoms. The van der Waals surface area contributed by atoms with Crippen LogP contribution in [0.15, 0.2) is 47.6 Å². The molecule has 0 saturated heterocycles. The Bertz CT molecular complexity index is 817. The van der Waals surface area contributed by atoms with Crippen LogP contribution >= 0.6 is 0 Å². The fourth-order valence-electron chi connectivity index (χ4n) is 2.10. The summed E-state index contributed by atoms with van der Waals surface area (Å²) in [5.41, 5.74) is 3.52. The molecule has 27 heavy (non-hydrogen) atoms. The predicted octanol–water partition coefficient (Wildman–Crippen LogP) is 2.32. The monoisotopic (exact) mass is 372 g/mol. The van der Waals surface area contributed by atoms with Crippen molar-refractivity contribution in [2.75, 3.05) is 20.3 Å². The Hall–Kier alpha value is -3.55. The van der Waals surface area contributed by atoms with Crippen molar-refractivity contribution in [3.63, 3.8) is 0 Å². The molecule has 8 heteroatoms. The zero-order chi connectivity index (χ0) is 19.6. The molecule has 0 radical (unpaired) electrons. The van der Waals surface area contributed by atoms with Gasteiger partial charge in [0.25, 0.3) is 5.91 Å². The fraction of sp³-hybridized carbons (Fsp3) is 0.211. The molecule has 2 aromatic rings. The van der Waals surface area contributed by atoms with E-state index in [4.69, 9.17) is 19.3 Å². The van der Waals surface area contributed by atoms with Crippen molar-refractivity contribution < 1.29 is 28.9 Å². The van der Waals surface area contributed by atoms with Gasteiger partial charge in [0, 0.05) is 5.56 Å². The van der Waals surface area contributed by atoms with E-state index in [0.29, 0.717) is 35.0 Å². The molecule has 0 aromatic heterocycles. The van der Waals surface area contributed by atoms with Gasteiger partial charge in [-0.05, 0) is 55.0 Å². The maximum atomic E-state index is 12.0. The normalized spacial score (nSPS) is 10.4. The summed E-state index contributed by atoms with van der Waals surface area (Å²) in [4.78, 5) is 22.7. The van der Waals surface area contributed by atoms with Gasteiger partial charge < -0.3 is 19.3 Å². The van der Waals surface area contributed by atoms with Crippen molar-refractivity contribution >= 4 is 18.1 Å². The summed E-state index contributed by atoms with van der Waals surface area (Å²) in [5, 5.41) is 12.6. The number of hydrazone groups is 1. The summed E-state index contributed by atoms with van der Waals surface area (Å²) in [6, 6.07) is 11.5. The largest absolute Gasteiger partial charge is 0.497 e. The van der Waals surface area contributed by atoms with E-state index >= 15 is 0 Å². The highest BCUT2D eigenvalue weighted by molar-refractivity contribution is 5.95. The van der Waals surface area contributed by atoms with Crippen molar-refractivity contribution in [3.05, 3.63) is 53.6 Å². The summed E-state index contributed by atoms with van der Waals surface area (Å²) in [6.45, 7) is 1.72. The van der Waals surface area contributed by atoms with Gasteiger partial charge >= 0.3 is 5.97 Å². The third kappa shape index (κ3) is 6.03. The molecule has 0 aliphatic carbocycles. The van der Waals surface area contributed by atoms with Crippen LogP contribution in [0.25, 0.3) is 0 Å². The Labute approximate surface area is 156 Å². The van der Waals surface area contributed by atoms with E-state index in [0.717, 1.165) is 0 Å². The van der Waals surface area contributed by atoms with Crippen LogP contribution in [-0.2, 0) is 4.79 Å². The maximum absolute atomic E-state index is 12.0. The molecule has 2 aromatic carbocycles. The number of carboxylic acids is 1. The number of hydrogen-bond donors (Lipinski definition) is 2. The van der Waals surface area contributed by atoms with Gasteiger partial charge in [-0.25, -0.2) is 10.2 Å². The third-order valence-electron chi connectivity index (χ3n) is 3.35. The van der Waals surface area contributed by atoms with Gasteiger partial charge in [-0.1, -0.05) is 0 Å². The lowest BCUT2D eigenvalue weighted by atomic mass is 10.2. The molecule has 2 rings (SSSR count). The molecule has 0 aliphatic rings. The van der Waals surface area contributed by atoms with E-state index in [-0.39, 0.29) is 5.91 Å². The van der Waals surface area contributed by atoms with Gasteiger partial charge in [0.1, 0.15) is 5.75 Å². The molecule has 0 saturated carbocycles. The first-order chi connectivity index (χ1) is 13.0. The highest BCUT2D eigenvalue weighted by atomic mass is 16.5. The van der Waals surface area contributed by atoms with Crippen LogP contribution in [-0.4, -0.2) is 43.5 Å². The van der Waals surface area contributed by atoms with Crippen molar-refractivity contribution in [1.29, 1.82) is 0 Å². The Morgan fingerprint density at radius 3 is 2.48 bits per heavy atom. The number of hydrogen-bond acceptors (Lipinski definition) is 6. The number of carboxylic acid groups (broad SMARTS) is 1. The average molecular weight is 372 g/mol. The van der Waals surface area contributed by atoms with Gasteiger partial charge in [-0.15, -0.1) is 0 Å². The van der Waals surface area contributed by atoms with Gasteiger partial charge in [0.05, 0.1) is 19.9 Å². The number of amides is 1. The van der Waals surface area contributed by atoms with Gasteiger partial charge in [0.15, 0.2) is 18.1 Å². The second-order valence-electron chi connectivity index (χ2n) is 5.25. The maximum Gasteiger partial charge on any atom is 0.341 e. The highest BCUT2D eigenvalue weighted by Crippen LogP contribution is 2.28. The Kier molecular flexibility index (Phi) is 7.18. The number of aliphatic carboxylic acids is 1. The molecule has 0 atom stereocenters. The average Bonchev–Trinajstić information content (AvgIpc) is 2.67. The first-order valence-electron chi connectivity index (χ1n) is 8.12. The van der Waals surface area contributed by atoms with E-state index < -0.39 is 12.6 Å². The first kappa shape index (κ1) is 19.8. The van der Waals surface area contributed by atoms with Crippen LogP contribution in [0, 0.1) is 0 Å². The summed E-state index contributed by atoms with van der Waals surface area (Å²) in [6.07, 6.45) is 1.45. The van der Waals surface area contributed by atoms with Crippen LogP contribution in [0.2, 0.25) is 0 Å². The summed E-state index contributed by atoms with van der Waals surface area (Å²) in [7, 11) is 1.55. The molecule has 0 aliphatic heterocycles. The molecule has 8 nitrogen and oxygen atoms in total. The molecular formula is C19H20N2O6. The predicted molar refractivity (Wildman–Crippen MR) is 98.8 cm³/mol. The second kappa shape index (κ2) is 9.81. The molecule has 0 fully saturated rings. The topological polar surface area (TPSA) is 106 Å². The van der Waals surface area contributed by atoms with E-state index in [2.05, 4.69) is 10.5 Å². The van der Waals surface area contributed by atoms with Crippen molar-refractivity contribution in [3.8, 4) is 17.2 Å². The minimum atomic E-state index is -1.08. The first-order valence-corrected chi connectivity index (χ1v) is 8.12. The van der Waals surface area contributed by atoms with Crippen molar-refractivity contribution in [1.82, 2.24) is 5.43 Å². The van der Waals surface area contributed by atoms with E-state index in [1.165, 1.54) is 6.21 Å². The minimum absolute atomic E-state index is 0.318. The molecule has 142 valence electrons. The van der Waals surface area contributed by atoms with Crippen LogP contribution in [0.1, 0.15) is 22.8 Å². The third-order valence-corrected chi connectivity index (χ3v) is 3.35. The van der Waals surface area contributed by atoms with Gasteiger partial charge in [-0.2, -0.15) is 5.10 Å². The lowest BCUT2D eigenvalue weighted by Gasteiger charge is -2.11. The Balaban J connectivity index is 2.03. The number of rotatable bonds is 9. The van der Waals surface area contributed by atoms with Crippen molar-refractivity contribution in [2.24, 2.45) is 5.10 Å². The summed E-state index contributed by atoms with van der Waals surface area (Å²) >= 11 is 0. The molecular weight excluding hydrogens is 352 g/mol. The van der Waals surface area contributed by atoms with E-state index in [1.807, 2.05) is 0 Å². The van der Waals surface area contributed by atoms with E-state index in [1.54, 1.807) is 56.5 Å². The summed E-state index contributed by atoms with van der Waals surface area (Å²) in [5.74, 6) is -0.0729. The second-order valence-corrected chi connectivity index (χ2v) is 5.25. The van der Waals surface area contributed by atoms with Gasteiger partial charge in [0.2, 0.25) is 0 Å². The van der Waals surface area contributed by atoms with Crippen molar-refractivity contribution in [2.45, 2.75) is 6.92 Å². The number of nitrogens with zero attached hydrogens (tertiary/aromatic N) is 1. The number of carbonyl (C=O) groups excluding carboxylic acids is 1. The number of nitrogens with one attached hydrogen (secondary N) is 1. The Morgan fingerprint density at radius 1 is 1.11 bits per heavy atom. The van der Waals surface area contributed by atoms with E-state index in [9.17, 15) is 9.59 Å². The fourth-order valence-corrected chi connectivity index (χ4v) is 2.10. The zero-order valence-electron chi connectivity index (χ0n) is 15.0. The number of ether oxygens (including phenoxy) is 3. The molecule has 2 N–H and O–H groups in total. The number of carbonyl (C=O) groups is 2. The van der Waals surface area contributed by atoms with Crippen LogP contribution < -0.4 is 19.6 Å². The highest BCUT2D eigenvalue weighted by Gasteiger charge is 2.08. The SMILES string of the molecule is CCOc1cc(/C=N\NC(=O)c2ccc(OC)cc2)ccc1OCC(=O)O. The molecule has 0 unspecified atom stereocenters. The lowest BCUT2D eigenvalue weighted by Crippen LogP contribution is -2.17. The standard InChI is InChI=1S/C19H20N2O6/c1-3-26-17-10-13(4-9-16(17)27-12-18(22)23)11-20-21-19(24)14-5-7-15(25-2)8-6-14/h4-11H,3,12H2,1-2H3,(H,21,24)(H,22,23)/b20-11-. The van der Waals surface area contributed by atoms with Gasteiger partial charge in [-0.3, -0.25) is 4.79 Å². The molecule has 1 amide bonds. The minimum Gasteiger partial charge on any atom is -0.497 e. The van der Waals surface area contributed by atoms with Crippen LogP contribution in [0.3, 0.4) is 0 Å². The lowest BCUT2D eigenvalue weighted by molar-refractivity contribution is -0.139. The molecule has 0 spiro atoms. The quantitative estimate of drug-likeness (QED) is 0.517. The van der Waals surface area contributed by atoms with Crippen LogP contribution in [0.4, 0.5) is 0 Å². The Morgan fingerprint density at radius 2 is 1.85 bits per heavy atom. The van der Waals surface area contributed by atoms with Crippen LogP contribution in [0.5, 0.6) is 17.2 Å². The number of benzene rings is 2. The smallest absolute Gasteiger partial charge is 0.341 e. The zero-order valence-corrected chi connectivity index (χ0v) is 15.0.